The summed E-state index contributed by atoms with van der Waals surface area (Å²) in [6, 6.07) is 7.57. The quantitative estimate of drug-likeness (QED) is 0.557. The molecule has 1 fully saturated rings. The minimum absolute atomic E-state index is 0.00728. The van der Waals surface area contributed by atoms with Crippen LogP contribution >= 0.6 is 11.8 Å². The molecule has 0 aliphatic carbocycles. The summed E-state index contributed by atoms with van der Waals surface area (Å²) < 4.78 is 4.92. The van der Waals surface area contributed by atoms with Crippen LogP contribution in [0, 0.1) is 5.41 Å². The predicted octanol–water partition coefficient (Wildman–Crippen LogP) is 1.74. The molecule has 1 unspecified atom stereocenters. The van der Waals surface area contributed by atoms with Gasteiger partial charge in [-0.1, -0.05) is 26.0 Å². The Bertz CT molecular complexity index is 636. The van der Waals surface area contributed by atoms with E-state index in [4.69, 9.17) is 10.5 Å². The predicted molar refractivity (Wildman–Crippen MR) is 104 cm³/mol. The van der Waals surface area contributed by atoms with E-state index in [1.165, 1.54) is 11.8 Å². The highest BCUT2D eigenvalue weighted by atomic mass is 32.2. The second-order valence-corrected chi connectivity index (χ2v) is 8.26. The molecule has 0 aromatic heterocycles. The fraction of sp³-hybridized carbons (Fsp3) is 0.579. The number of benzene rings is 1. The van der Waals surface area contributed by atoms with Crippen LogP contribution in [0.2, 0.25) is 0 Å². The SMILES string of the molecule is COCCNC(=O)CSc1ccccc1C(=O)N1CCC(N)C(C)(C)C1. The van der Waals surface area contributed by atoms with Crippen LogP contribution in [0.5, 0.6) is 0 Å². The van der Waals surface area contributed by atoms with Crippen molar-refractivity contribution in [2.24, 2.45) is 11.1 Å². The first-order valence-electron chi connectivity index (χ1n) is 8.87. The summed E-state index contributed by atoms with van der Waals surface area (Å²) >= 11 is 1.38. The lowest BCUT2D eigenvalue weighted by Gasteiger charge is -2.42. The van der Waals surface area contributed by atoms with Crippen molar-refractivity contribution in [1.29, 1.82) is 0 Å². The van der Waals surface area contributed by atoms with Gasteiger partial charge >= 0.3 is 0 Å². The van der Waals surface area contributed by atoms with Crippen LogP contribution in [0.1, 0.15) is 30.6 Å². The summed E-state index contributed by atoms with van der Waals surface area (Å²) in [7, 11) is 1.59. The van der Waals surface area contributed by atoms with Gasteiger partial charge in [0.1, 0.15) is 0 Å². The number of thioether (sulfide) groups is 1. The van der Waals surface area contributed by atoms with E-state index in [1.54, 1.807) is 7.11 Å². The van der Waals surface area contributed by atoms with Gasteiger partial charge in [-0.3, -0.25) is 9.59 Å². The molecule has 6 nitrogen and oxygen atoms in total. The second kappa shape index (κ2) is 9.39. The van der Waals surface area contributed by atoms with Gasteiger partial charge in [0, 0.05) is 37.7 Å². The van der Waals surface area contributed by atoms with E-state index in [9.17, 15) is 9.59 Å². The van der Waals surface area contributed by atoms with Gasteiger partial charge in [-0.05, 0) is 24.0 Å². The van der Waals surface area contributed by atoms with Gasteiger partial charge in [0.25, 0.3) is 5.91 Å². The van der Waals surface area contributed by atoms with Gasteiger partial charge in [0.15, 0.2) is 0 Å². The number of rotatable bonds is 7. The number of amides is 2. The lowest BCUT2D eigenvalue weighted by Crippen LogP contribution is -2.54. The normalized spacial score (nSPS) is 19.2. The number of nitrogens with one attached hydrogen (secondary N) is 1. The maximum absolute atomic E-state index is 13.0. The van der Waals surface area contributed by atoms with Gasteiger partial charge in [0.05, 0.1) is 17.9 Å². The van der Waals surface area contributed by atoms with Crippen LogP contribution in [0.4, 0.5) is 0 Å². The summed E-state index contributed by atoms with van der Waals surface area (Å²) in [5.41, 5.74) is 6.73. The number of nitrogens with zero attached hydrogens (tertiary/aromatic N) is 1. The molecule has 1 saturated heterocycles. The Hall–Kier alpha value is -1.57. The van der Waals surface area contributed by atoms with Crippen LogP contribution in [0.15, 0.2) is 29.2 Å². The van der Waals surface area contributed by atoms with Crippen LogP contribution in [0.3, 0.4) is 0 Å². The Morgan fingerprint density at radius 1 is 1.38 bits per heavy atom. The van der Waals surface area contributed by atoms with E-state index in [-0.39, 0.29) is 29.0 Å². The molecule has 2 amide bonds. The third-order valence-electron chi connectivity index (χ3n) is 4.70. The van der Waals surface area contributed by atoms with Crippen molar-refractivity contribution in [1.82, 2.24) is 10.2 Å². The second-order valence-electron chi connectivity index (χ2n) is 7.24. The third kappa shape index (κ3) is 5.46. The Kier molecular flexibility index (Phi) is 7.49. The third-order valence-corrected chi connectivity index (χ3v) is 5.78. The lowest BCUT2D eigenvalue weighted by atomic mass is 9.79. The first kappa shape index (κ1) is 20.7. The molecule has 3 N–H and O–H groups in total. The van der Waals surface area contributed by atoms with Crippen LogP contribution in [-0.2, 0) is 9.53 Å². The molecule has 1 aromatic rings. The maximum atomic E-state index is 13.0. The van der Waals surface area contributed by atoms with Gasteiger partial charge in [-0.15, -0.1) is 11.8 Å². The molecule has 0 spiro atoms. The zero-order valence-corrected chi connectivity index (χ0v) is 16.6. The molecular formula is C19H29N3O3S. The molecule has 144 valence electrons. The van der Waals surface area contributed by atoms with Gasteiger partial charge < -0.3 is 20.7 Å². The summed E-state index contributed by atoms with van der Waals surface area (Å²) in [5.74, 6) is 0.205. The molecule has 1 aliphatic rings. The molecule has 7 heteroatoms. The minimum Gasteiger partial charge on any atom is -0.383 e. The van der Waals surface area contributed by atoms with Crippen molar-refractivity contribution in [2.45, 2.75) is 31.2 Å². The molecular weight excluding hydrogens is 350 g/mol. The molecule has 1 aromatic carbocycles. The van der Waals surface area contributed by atoms with Crippen LogP contribution < -0.4 is 11.1 Å². The van der Waals surface area contributed by atoms with Gasteiger partial charge in [-0.2, -0.15) is 0 Å². The van der Waals surface area contributed by atoms with Gasteiger partial charge in [0.2, 0.25) is 5.91 Å². The average Bonchev–Trinajstić information content (AvgIpc) is 2.62. The molecule has 0 bridgehead atoms. The Labute approximate surface area is 159 Å². The Morgan fingerprint density at radius 2 is 2.12 bits per heavy atom. The zero-order chi connectivity index (χ0) is 19.2. The van der Waals surface area contributed by atoms with E-state index < -0.39 is 0 Å². The monoisotopic (exact) mass is 379 g/mol. The largest absolute Gasteiger partial charge is 0.383 e. The number of hydrogen-bond donors (Lipinski definition) is 2. The number of piperidine rings is 1. The molecule has 2 rings (SSSR count). The van der Waals surface area contributed by atoms with E-state index in [0.717, 1.165) is 11.3 Å². The maximum Gasteiger partial charge on any atom is 0.255 e. The number of carbonyl (C=O) groups excluding carboxylic acids is 2. The first-order valence-corrected chi connectivity index (χ1v) is 9.86. The Morgan fingerprint density at radius 3 is 2.81 bits per heavy atom. The Balaban J connectivity index is 2.01. The van der Waals surface area contributed by atoms with Gasteiger partial charge in [-0.25, -0.2) is 0 Å². The van der Waals surface area contributed by atoms with Crippen molar-refractivity contribution < 1.29 is 14.3 Å². The molecule has 1 atom stereocenters. The van der Waals surface area contributed by atoms with Crippen LogP contribution in [0.25, 0.3) is 0 Å². The number of likely N-dealkylation sites (tertiary alicyclic amines) is 1. The number of ether oxygens (including phenoxy) is 1. The molecule has 1 aliphatic heterocycles. The molecule has 0 saturated carbocycles. The van der Waals surface area contributed by atoms with E-state index >= 15 is 0 Å². The van der Waals surface area contributed by atoms with Crippen molar-refractivity contribution in [3.8, 4) is 0 Å². The number of methoxy groups -OCH3 is 1. The summed E-state index contributed by atoms with van der Waals surface area (Å²) in [6.45, 7) is 6.48. The highest BCUT2D eigenvalue weighted by molar-refractivity contribution is 8.00. The lowest BCUT2D eigenvalue weighted by molar-refractivity contribution is -0.118. The van der Waals surface area contributed by atoms with E-state index in [1.807, 2.05) is 29.2 Å². The topological polar surface area (TPSA) is 84.7 Å². The van der Waals surface area contributed by atoms with Crippen LogP contribution in [-0.4, -0.2) is 61.9 Å². The number of carbonyl (C=O) groups is 2. The summed E-state index contributed by atoms with van der Waals surface area (Å²) in [5, 5.41) is 2.79. The number of hydrogen-bond acceptors (Lipinski definition) is 5. The highest BCUT2D eigenvalue weighted by Gasteiger charge is 2.36. The van der Waals surface area contributed by atoms with Crippen molar-refractivity contribution in [3.05, 3.63) is 29.8 Å². The standard InChI is InChI=1S/C19H29N3O3S/c1-19(2)13-22(10-8-16(19)20)18(24)14-6-4-5-7-15(14)26-12-17(23)21-9-11-25-3/h4-7,16H,8-13,20H2,1-3H3,(H,21,23). The molecule has 26 heavy (non-hydrogen) atoms. The zero-order valence-electron chi connectivity index (χ0n) is 15.8. The fourth-order valence-corrected chi connectivity index (χ4v) is 3.85. The molecule has 1 heterocycles. The van der Waals surface area contributed by atoms with E-state index in [2.05, 4.69) is 19.2 Å². The number of nitrogens with two attached hydrogens (primary N) is 1. The van der Waals surface area contributed by atoms with Crippen molar-refractivity contribution in [2.75, 3.05) is 39.1 Å². The summed E-state index contributed by atoms with van der Waals surface area (Å²) in [6.07, 6.45) is 0.802. The van der Waals surface area contributed by atoms with Crippen molar-refractivity contribution >= 4 is 23.6 Å². The first-order chi connectivity index (χ1) is 12.3. The molecule has 0 radical (unpaired) electrons. The van der Waals surface area contributed by atoms with E-state index in [0.29, 0.717) is 31.8 Å². The highest BCUT2D eigenvalue weighted by Crippen LogP contribution is 2.30. The van der Waals surface area contributed by atoms with Crippen molar-refractivity contribution in [3.63, 3.8) is 0 Å². The minimum atomic E-state index is -0.1000. The summed E-state index contributed by atoms with van der Waals surface area (Å²) in [4.78, 5) is 27.6. The average molecular weight is 380 g/mol. The smallest absolute Gasteiger partial charge is 0.255 e. The fourth-order valence-electron chi connectivity index (χ4n) is 2.97.